The first-order chi connectivity index (χ1) is 15.9. The van der Waals surface area contributed by atoms with E-state index in [0.29, 0.717) is 11.3 Å². The lowest BCUT2D eigenvalue weighted by Crippen LogP contribution is -2.31. The maximum absolute atomic E-state index is 13.4. The zero-order chi connectivity index (χ0) is 23.4. The molecule has 0 aliphatic rings. The van der Waals surface area contributed by atoms with Crippen molar-refractivity contribution in [3.63, 3.8) is 0 Å². The van der Waals surface area contributed by atoms with Gasteiger partial charge in [0.25, 0.3) is 5.91 Å². The van der Waals surface area contributed by atoms with Gasteiger partial charge in [0.05, 0.1) is 5.69 Å². The van der Waals surface area contributed by atoms with Gasteiger partial charge in [-0.3, -0.25) is 4.79 Å². The number of hydrogen-bond acceptors (Lipinski definition) is 4. The van der Waals surface area contributed by atoms with Crippen molar-refractivity contribution in [2.45, 2.75) is 13.0 Å². The molecule has 1 heterocycles. The first-order valence-electron chi connectivity index (χ1n) is 10.6. The molecule has 1 unspecified atom stereocenters. The van der Waals surface area contributed by atoms with Crippen molar-refractivity contribution in [2.24, 2.45) is 0 Å². The van der Waals surface area contributed by atoms with Crippen LogP contribution >= 0.6 is 0 Å². The number of carbonyl (C=O) groups excluding carboxylic acids is 2. The van der Waals surface area contributed by atoms with E-state index < -0.39 is 12.1 Å². The van der Waals surface area contributed by atoms with Crippen molar-refractivity contribution in [1.29, 1.82) is 0 Å². The molecule has 4 rings (SSSR count). The Morgan fingerprint density at radius 1 is 0.879 bits per heavy atom. The molecular weight excluding hydrogens is 414 g/mol. The number of ether oxygens (including phenoxy) is 1. The minimum Gasteiger partial charge on any atom is -0.444 e. The van der Waals surface area contributed by atoms with Gasteiger partial charge in [-0.25, -0.2) is 9.48 Å². The highest BCUT2D eigenvalue weighted by Gasteiger charge is 2.29. The second kappa shape index (κ2) is 9.53. The number of aryl methyl sites for hydroxylation is 1. The third kappa shape index (κ3) is 4.85. The number of para-hydroxylation sites is 1. The Labute approximate surface area is 193 Å². The van der Waals surface area contributed by atoms with Gasteiger partial charge in [-0.05, 0) is 19.1 Å². The summed E-state index contributed by atoms with van der Waals surface area (Å²) in [6, 6.07) is 26.3. The number of esters is 1. The monoisotopic (exact) mass is 439 g/mol. The quantitative estimate of drug-likeness (QED) is 0.404. The SMILES string of the molecule is Cc1ccc(-c2nn(-c3ccccc3)cc2C(=O)OC(C(=O)N(C)C)c2ccccc2)cc1. The van der Waals surface area contributed by atoms with E-state index in [2.05, 4.69) is 5.10 Å². The maximum Gasteiger partial charge on any atom is 0.343 e. The molecule has 6 heteroatoms. The number of hydrogen-bond donors (Lipinski definition) is 0. The summed E-state index contributed by atoms with van der Waals surface area (Å²) in [4.78, 5) is 27.7. The second-order valence-electron chi connectivity index (χ2n) is 7.97. The number of likely N-dealkylation sites (N-methyl/N-ethyl adjacent to an activating group) is 1. The maximum atomic E-state index is 13.4. The summed E-state index contributed by atoms with van der Waals surface area (Å²) in [5, 5.41) is 4.68. The van der Waals surface area contributed by atoms with E-state index in [0.717, 1.165) is 16.8 Å². The van der Waals surface area contributed by atoms with E-state index in [1.807, 2.05) is 79.7 Å². The van der Waals surface area contributed by atoms with Gasteiger partial charge in [0, 0.05) is 31.4 Å². The predicted molar refractivity (Wildman–Crippen MR) is 127 cm³/mol. The third-order valence-electron chi connectivity index (χ3n) is 5.27. The van der Waals surface area contributed by atoms with Gasteiger partial charge in [-0.2, -0.15) is 5.10 Å². The minimum atomic E-state index is -1.06. The van der Waals surface area contributed by atoms with E-state index in [-0.39, 0.29) is 11.5 Å². The summed E-state index contributed by atoms with van der Waals surface area (Å²) in [5.74, 6) is -0.932. The molecule has 4 aromatic rings. The van der Waals surface area contributed by atoms with Crippen molar-refractivity contribution < 1.29 is 14.3 Å². The van der Waals surface area contributed by atoms with Crippen molar-refractivity contribution in [3.05, 3.63) is 108 Å². The van der Waals surface area contributed by atoms with Crippen LogP contribution in [0.2, 0.25) is 0 Å². The molecule has 166 valence electrons. The van der Waals surface area contributed by atoms with E-state index >= 15 is 0 Å². The molecule has 3 aromatic carbocycles. The molecule has 6 nitrogen and oxygen atoms in total. The highest BCUT2D eigenvalue weighted by Crippen LogP contribution is 2.28. The number of aromatic nitrogens is 2. The topological polar surface area (TPSA) is 64.4 Å². The Hall–Kier alpha value is -4.19. The normalized spacial score (nSPS) is 11.6. The first-order valence-corrected chi connectivity index (χ1v) is 10.6. The van der Waals surface area contributed by atoms with Gasteiger partial charge in [0.2, 0.25) is 6.10 Å². The molecular formula is C27H25N3O3. The number of benzene rings is 3. The molecule has 0 radical (unpaired) electrons. The average Bonchev–Trinajstić information content (AvgIpc) is 3.29. The van der Waals surface area contributed by atoms with Gasteiger partial charge >= 0.3 is 5.97 Å². The van der Waals surface area contributed by atoms with Crippen LogP contribution in [0.4, 0.5) is 0 Å². The Balaban J connectivity index is 1.76. The van der Waals surface area contributed by atoms with Crippen molar-refractivity contribution in [2.75, 3.05) is 14.1 Å². The van der Waals surface area contributed by atoms with Crippen LogP contribution in [0, 0.1) is 6.92 Å². The largest absolute Gasteiger partial charge is 0.444 e. The van der Waals surface area contributed by atoms with Crippen LogP contribution in [-0.4, -0.2) is 40.7 Å². The van der Waals surface area contributed by atoms with Crippen molar-refractivity contribution >= 4 is 11.9 Å². The Morgan fingerprint density at radius 3 is 2.09 bits per heavy atom. The lowest BCUT2D eigenvalue weighted by molar-refractivity contribution is -0.138. The number of carbonyl (C=O) groups is 2. The molecule has 1 amide bonds. The standard InChI is InChI=1S/C27H25N3O3/c1-19-14-16-20(17-15-19)24-23(18-30(28-24)22-12-8-5-9-13-22)27(32)33-25(26(31)29(2)3)21-10-6-4-7-11-21/h4-18,25H,1-3H3. The van der Waals surface area contributed by atoms with Gasteiger partial charge in [-0.1, -0.05) is 78.4 Å². The number of nitrogens with zero attached hydrogens (tertiary/aromatic N) is 3. The van der Waals surface area contributed by atoms with E-state index in [1.165, 1.54) is 4.90 Å². The van der Waals surface area contributed by atoms with E-state index in [1.54, 1.807) is 37.1 Å². The van der Waals surface area contributed by atoms with Gasteiger partial charge in [0.15, 0.2) is 0 Å². The van der Waals surface area contributed by atoms with Crippen LogP contribution in [0.1, 0.15) is 27.6 Å². The van der Waals surface area contributed by atoms with Crippen LogP contribution in [-0.2, 0) is 9.53 Å². The molecule has 0 spiro atoms. The molecule has 1 atom stereocenters. The summed E-state index contributed by atoms with van der Waals surface area (Å²) in [5.41, 5.74) is 4.09. The Bertz CT molecular complexity index is 1250. The molecule has 0 saturated carbocycles. The third-order valence-corrected chi connectivity index (χ3v) is 5.27. The lowest BCUT2D eigenvalue weighted by atomic mass is 10.1. The second-order valence-corrected chi connectivity index (χ2v) is 7.97. The Morgan fingerprint density at radius 2 is 1.48 bits per heavy atom. The van der Waals surface area contributed by atoms with Crippen LogP contribution in [0.15, 0.2) is 91.1 Å². The summed E-state index contributed by atoms with van der Waals surface area (Å²) < 4.78 is 7.45. The van der Waals surface area contributed by atoms with Crippen LogP contribution in [0.25, 0.3) is 16.9 Å². The summed E-state index contributed by atoms with van der Waals surface area (Å²) in [7, 11) is 3.27. The van der Waals surface area contributed by atoms with Crippen LogP contribution in [0.3, 0.4) is 0 Å². The van der Waals surface area contributed by atoms with Crippen LogP contribution < -0.4 is 0 Å². The fourth-order valence-corrected chi connectivity index (χ4v) is 3.45. The summed E-state index contributed by atoms with van der Waals surface area (Å²) >= 11 is 0. The summed E-state index contributed by atoms with van der Waals surface area (Å²) in [6.45, 7) is 2.00. The Kier molecular flexibility index (Phi) is 6.36. The molecule has 0 aliphatic heterocycles. The van der Waals surface area contributed by atoms with Gasteiger partial charge in [0.1, 0.15) is 11.3 Å². The summed E-state index contributed by atoms with van der Waals surface area (Å²) in [6.07, 6.45) is 0.592. The van der Waals surface area contributed by atoms with Gasteiger partial charge < -0.3 is 9.64 Å². The number of rotatable bonds is 6. The molecule has 0 aliphatic carbocycles. The molecule has 0 fully saturated rings. The zero-order valence-electron chi connectivity index (χ0n) is 18.8. The highest BCUT2D eigenvalue weighted by molar-refractivity contribution is 5.98. The number of amides is 1. The van der Waals surface area contributed by atoms with Gasteiger partial charge in [-0.15, -0.1) is 0 Å². The molecule has 1 aromatic heterocycles. The smallest absolute Gasteiger partial charge is 0.343 e. The van der Waals surface area contributed by atoms with Crippen molar-refractivity contribution in [3.8, 4) is 16.9 Å². The lowest BCUT2D eigenvalue weighted by Gasteiger charge is -2.21. The molecule has 0 saturated heterocycles. The first kappa shape index (κ1) is 22.0. The van der Waals surface area contributed by atoms with Crippen LogP contribution in [0.5, 0.6) is 0 Å². The van der Waals surface area contributed by atoms with Crippen molar-refractivity contribution in [1.82, 2.24) is 14.7 Å². The molecule has 0 N–H and O–H groups in total. The molecule has 33 heavy (non-hydrogen) atoms. The predicted octanol–water partition coefficient (Wildman–Crippen LogP) is 4.83. The minimum absolute atomic E-state index is 0.287. The highest BCUT2D eigenvalue weighted by atomic mass is 16.5. The average molecular weight is 440 g/mol. The van der Waals surface area contributed by atoms with E-state index in [9.17, 15) is 9.59 Å². The zero-order valence-corrected chi connectivity index (χ0v) is 18.8. The van der Waals surface area contributed by atoms with E-state index in [4.69, 9.17) is 4.74 Å². The fourth-order valence-electron chi connectivity index (χ4n) is 3.45. The fraction of sp³-hybridized carbons (Fsp3) is 0.148. The molecule has 0 bridgehead atoms.